The van der Waals surface area contributed by atoms with Crippen molar-refractivity contribution in [2.24, 2.45) is 0 Å². The van der Waals surface area contributed by atoms with Crippen molar-refractivity contribution in [1.82, 2.24) is 4.98 Å². The Morgan fingerprint density at radius 1 is 1.22 bits per heavy atom. The highest BCUT2D eigenvalue weighted by Gasteiger charge is 2.15. The van der Waals surface area contributed by atoms with E-state index >= 15 is 0 Å². The van der Waals surface area contributed by atoms with Gasteiger partial charge in [0, 0.05) is 5.69 Å². The van der Waals surface area contributed by atoms with E-state index in [1.165, 1.54) is 12.1 Å². The van der Waals surface area contributed by atoms with Gasteiger partial charge in [0.15, 0.2) is 15.4 Å². The smallest absolute Gasteiger partial charge is 0.257 e. The van der Waals surface area contributed by atoms with Crippen LogP contribution in [0.4, 0.5) is 5.69 Å². The highest BCUT2D eigenvalue weighted by Crippen LogP contribution is 2.26. The first kappa shape index (κ1) is 19.4. The number of carbonyl (C=O) groups is 1. The van der Waals surface area contributed by atoms with Gasteiger partial charge in [-0.05, 0) is 49.2 Å². The van der Waals surface area contributed by atoms with Crippen molar-refractivity contribution in [3.05, 3.63) is 47.5 Å². The lowest BCUT2D eigenvalue weighted by Gasteiger charge is -2.09. The molecule has 1 N–H and O–H groups in total. The summed E-state index contributed by atoms with van der Waals surface area (Å²) in [6.45, 7) is 5.55. The Labute approximate surface area is 162 Å². The van der Waals surface area contributed by atoms with Gasteiger partial charge in [0.05, 0.1) is 16.4 Å². The molecule has 8 heteroatoms. The van der Waals surface area contributed by atoms with Gasteiger partial charge in [0.1, 0.15) is 5.52 Å². The fourth-order valence-corrected chi connectivity index (χ4v) is 4.05. The average Bonchev–Trinajstić information content (AvgIpc) is 3.06. The number of aromatic nitrogens is 1. The zero-order valence-corrected chi connectivity index (χ0v) is 16.9. The zero-order valence-electron chi connectivity index (χ0n) is 15.3. The molecule has 0 aliphatic heterocycles. The maximum absolute atomic E-state index is 12.2. The van der Waals surface area contributed by atoms with Crippen LogP contribution in [0, 0.1) is 13.8 Å². The summed E-state index contributed by atoms with van der Waals surface area (Å²) >= 11 is 1.16. The first-order chi connectivity index (χ1) is 12.8. The molecule has 0 aliphatic carbocycles. The lowest BCUT2D eigenvalue weighted by Crippen LogP contribution is -2.15. The molecule has 1 aromatic heterocycles. The maximum Gasteiger partial charge on any atom is 0.257 e. The van der Waals surface area contributed by atoms with E-state index in [1.54, 1.807) is 13.0 Å². The minimum Gasteiger partial charge on any atom is -0.431 e. The van der Waals surface area contributed by atoms with Crippen molar-refractivity contribution in [3.63, 3.8) is 0 Å². The molecular weight excluding hydrogens is 384 g/mol. The number of anilines is 1. The molecule has 0 bridgehead atoms. The van der Waals surface area contributed by atoms with Crippen LogP contribution in [-0.2, 0) is 14.6 Å². The summed E-state index contributed by atoms with van der Waals surface area (Å²) in [5.41, 5.74) is 3.87. The zero-order chi connectivity index (χ0) is 19.6. The van der Waals surface area contributed by atoms with Crippen LogP contribution in [-0.4, -0.2) is 30.8 Å². The van der Waals surface area contributed by atoms with Crippen LogP contribution in [0.5, 0.6) is 0 Å². The molecule has 0 unspecified atom stereocenters. The lowest BCUT2D eigenvalue weighted by atomic mass is 10.1. The molecule has 2 aromatic carbocycles. The molecular formula is C19H20N2O4S2. The number of hydrogen-bond donors (Lipinski definition) is 1. The van der Waals surface area contributed by atoms with E-state index in [-0.39, 0.29) is 22.3 Å². The second-order valence-corrected chi connectivity index (χ2v) is 9.30. The maximum atomic E-state index is 12.2. The van der Waals surface area contributed by atoms with E-state index in [4.69, 9.17) is 4.42 Å². The predicted octanol–water partition coefficient (Wildman–Crippen LogP) is 3.97. The number of hydrogen-bond acceptors (Lipinski definition) is 6. The van der Waals surface area contributed by atoms with Crippen molar-refractivity contribution < 1.29 is 17.6 Å². The Balaban J connectivity index is 1.70. The Bertz CT molecular complexity index is 1100. The van der Waals surface area contributed by atoms with Crippen molar-refractivity contribution in [1.29, 1.82) is 0 Å². The highest BCUT2D eigenvalue weighted by molar-refractivity contribution is 7.99. The number of benzene rings is 2. The summed E-state index contributed by atoms with van der Waals surface area (Å²) in [4.78, 5) is 16.7. The topological polar surface area (TPSA) is 89.3 Å². The number of oxazole rings is 1. The fraction of sp³-hybridized carbons (Fsp3) is 0.263. The van der Waals surface area contributed by atoms with Crippen LogP contribution >= 0.6 is 11.8 Å². The largest absolute Gasteiger partial charge is 0.431 e. The molecule has 1 heterocycles. The molecule has 0 spiro atoms. The van der Waals surface area contributed by atoms with Gasteiger partial charge in [-0.15, -0.1) is 0 Å². The van der Waals surface area contributed by atoms with Gasteiger partial charge >= 0.3 is 0 Å². The monoisotopic (exact) mass is 404 g/mol. The van der Waals surface area contributed by atoms with Gasteiger partial charge in [-0.1, -0.05) is 30.8 Å². The van der Waals surface area contributed by atoms with Crippen LogP contribution in [0.1, 0.15) is 18.1 Å². The summed E-state index contributed by atoms with van der Waals surface area (Å²) in [5.74, 6) is 0.00168. The van der Waals surface area contributed by atoms with E-state index in [1.807, 2.05) is 32.0 Å². The number of nitrogens with zero attached hydrogens (tertiary/aromatic N) is 1. The number of carbonyl (C=O) groups excluding carboxylic acids is 1. The minimum atomic E-state index is -3.30. The molecule has 0 atom stereocenters. The average molecular weight is 405 g/mol. The molecule has 1 amide bonds. The third kappa shape index (κ3) is 4.33. The number of amides is 1. The normalized spacial score (nSPS) is 11.7. The quantitative estimate of drug-likeness (QED) is 0.625. The van der Waals surface area contributed by atoms with E-state index in [2.05, 4.69) is 10.3 Å². The highest BCUT2D eigenvalue weighted by atomic mass is 32.2. The van der Waals surface area contributed by atoms with E-state index in [0.717, 1.165) is 28.6 Å². The Kier molecular flexibility index (Phi) is 5.57. The number of aryl methyl sites for hydroxylation is 1. The van der Waals surface area contributed by atoms with E-state index < -0.39 is 9.84 Å². The van der Waals surface area contributed by atoms with Crippen LogP contribution in [0.15, 0.2) is 50.9 Å². The minimum absolute atomic E-state index is 0.0243. The van der Waals surface area contributed by atoms with Crippen molar-refractivity contribution in [3.8, 4) is 0 Å². The van der Waals surface area contributed by atoms with Crippen LogP contribution in [0.2, 0.25) is 0 Å². The number of sulfone groups is 1. The van der Waals surface area contributed by atoms with Crippen molar-refractivity contribution in [2.45, 2.75) is 30.9 Å². The number of thioether (sulfide) groups is 1. The summed E-state index contributed by atoms with van der Waals surface area (Å²) in [6.07, 6.45) is 0. The molecule has 142 valence electrons. The molecule has 0 saturated carbocycles. The van der Waals surface area contributed by atoms with Gasteiger partial charge < -0.3 is 9.73 Å². The van der Waals surface area contributed by atoms with Gasteiger partial charge in [0.25, 0.3) is 5.22 Å². The SMILES string of the molecule is CCS(=O)(=O)c1ccc2oc(SCC(=O)Nc3cccc(C)c3C)nc2c1. The summed E-state index contributed by atoms with van der Waals surface area (Å²) in [6, 6.07) is 10.3. The second-order valence-electron chi connectivity index (χ2n) is 6.10. The number of nitrogens with one attached hydrogen (secondary N) is 1. The first-order valence-electron chi connectivity index (χ1n) is 8.42. The molecule has 0 fully saturated rings. The van der Waals surface area contributed by atoms with Crippen LogP contribution in [0.3, 0.4) is 0 Å². The van der Waals surface area contributed by atoms with Crippen LogP contribution < -0.4 is 5.32 Å². The summed E-state index contributed by atoms with van der Waals surface area (Å²) in [5, 5.41) is 3.21. The second kappa shape index (κ2) is 7.74. The lowest BCUT2D eigenvalue weighted by molar-refractivity contribution is -0.113. The fourth-order valence-electron chi connectivity index (χ4n) is 2.51. The third-order valence-corrected chi connectivity index (χ3v) is 6.84. The Morgan fingerprint density at radius 3 is 2.74 bits per heavy atom. The van der Waals surface area contributed by atoms with E-state index in [0.29, 0.717) is 16.3 Å². The predicted molar refractivity (Wildman–Crippen MR) is 107 cm³/mol. The molecule has 27 heavy (non-hydrogen) atoms. The number of fused-ring (bicyclic) bond motifs is 1. The number of rotatable bonds is 6. The third-order valence-electron chi connectivity index (χ3n) is 4.28. The Hall–Kier alpha value is -2.32. The van der Waals surface area contributed by atoms with Gasteiger partial charge in [-0.25, -0.2) is 13.4 Å². The van der Waals surface area contributed by atoms with Crippen LogP contribution in [0.25, 0.3) is 11.1 Å². The molecule has 3 aromatic rings. The van der Waals surface area contributed by atoms with Gasteiger partial charge in [-0.3, -0.25) is 4.79 Å². The van der Waals surface area contributed by atoms with E-state index in [9.17, 15) is 13.2 Å². The van der Waals surface area contributed by atoms with Crippen molar-refractivity contribution in [2.75, 3.05) is 16.8 Å². The van der Waals surface area contributed by atoms with Gasteiger partial charge in [-0.2, -0.15) is 0 Å². The van der Waals surface area contributed by atoms with Gasteiger partial charge in [0.2, 0.25) is 5.91 Å². The Morgan fingerprint density at radius 2 is 2.00 bits per heavy atom. The molecule has 3 rings (SSSR count). The molecule has 6 nitrogen and oxygen atoms in total. The molecule has 0 aliphatic rings. The summed E-state index contributed by atoms with van der Waals surface area (Å²) in [7, 11) is -3.30. The molecule has 0 radical (unpaired) electrons. The summed E-state index contributed by atoms with van der Waals surface area (Å²) < 4.78 is 29.5. The van der Waals surface area contributed by atoms with Crippen molar-refractivity contribution >= 4 is 44.3 Å². The standard InChI is InChI=1S/C19H20N2O4S2/c1-4-27(23,24)14-8-9-17-16(10-14)21-19(25-17)26-11-18(22)20-15-7-5-6-12(2)13(15)3/h5-10H,4,11H2,1-3H3,(H,20,22). The molecule has 0 saturated heterocycles. The first-order valence-corrected chi connectivity index (χ1v) is 11.1.